The molecule has 0 aliphatic heterocycles. The van der Waals surface area contributed by atoms with Gasteiger partial charge in [0.05, 0.1) is 22.5 Å². The van der Waals surface area contributed by atoms with E-state index in [-0.39, 0.29) is 6.61 Å². The van der Waals surface area contributed by atoms with Crippen LogP contribution >= 0.6 is 11.6 Å². The summed E-state index contributed by atoms with van der Waals surface area (Å²) in [5.41, 5.74) is -0.326. The quantitative estimate of drug-likeness (QED) is 0.674. The lowest BCUT2D eigenvalue weighted by Gasteiger charge is -2.10. The minimum absolute atomic E-state index is 0.150. The molecule has 0 radical (unpaired) electrons. The Bertz CT molecular complexity index is 923. The Hall–Kier alpha value is -2.30. The molecule has 0 atom stereocenters. The van der Waals surface area contributed by atoms with Gasteiger partial charge in [0.2, 0.25) is 10.0 Å². The number of sulfonamides is 1. The Morgan fingerprint density at radius 2 is 1.83 bits per heavy atom. The van der Waals surface area contributed by atoms with E-state index in [0.717, 1.165) is 19.3 Å². The third kappa shape index (κ3) is 9.16. The summed E-state index contributed by atoms with van der Waals surface area (Å²) in [7, 11) is -3.90. The maximum Gasteiger partial charge on any atom is 0.267 e. The van der Waals surface area contributed by atoms with E-state index in [1.165, 1.54) is 6.20 Å². The van der Waals surface area contributed by atoms with Crippen molar-refractivity contribution in [1.82, 2.24) is 15.0 Å². The van der Waals surface area contributed by atoms with E-state index >= 15 is 0 Å². The summed E-state index contributed by atoms with van der Waals surface area (Å²) in [6, 6.07) is 4.32. The second kappa shape index (κ2) is 11.6. The van der Waals surface area contributed by atoms with Crippen molar-refractivity contribution in [2.45, 2.75) is 20.5 Å². The van der Waals surface area contributed by atoms with Crippen LogP contribution in [0.2, 0.25) is 5.02 Å². The Labute approximate surface area is 173 Å². The topological polar surface area (TPSA) is 97.4 Å². The van der Waals surface area contributed by atoms with Crippen LogP contribution in [0.15, 0.2) is 30.5 Å². The number of pyridine rings is 1. The molecule has 1 amide bonds. The van der Waals surface area contributed by atoms with Crippen LogP contribution in [0.1, 0.15) is 29.9 Å². The van der Waals surface area contributed by atoms with Crippen molar-refractivity contribution in [3.63, 3.8) is 0 Å². The van der Waals surface area contributed by atoms with Gasteiger partial charge in [0.15, 0.2) is 11.6 Å². The van der Waals surface area contributed by atoms with Crippen molar-refractivity contribution in [3.8, 4) is 5.75 Å². The largest absolute Gasteiger partial charge is 0.484 e. The highest BCUT2D eigenvalue weighted by atomic mass is 35.5. The summed E-state index contributed by atoms with van der Waals surface area (Å²) in [5.74, 6) is -3.87. The van der Waals surface area contributed by atoms with Crippen LogP contribution in [0.25, 0.3) is 0 Å². The number of carbonyl (C=O) groups excluding carboxylic acids is 1. The Morgan fingerprint density at radius 3 is 2.31 bits per heavy atom. The number of nitrogens with zero attached hydrogens (tertiary/aromatic N) is 1. The number of benzene rings is 1. The van der Waals surface area contributed by atoms with Gasteiger partial charge in [0.25, 0.3) is 5.91 Å². The van der Waals surface area contributed by atoms with Gasteiger partial charge >= 0.3 is 0 Å². The molecule has 0 saturated heterocycles. The maximum absolute atomic E-state index is 13.9. The Morgan fingerprint density at radius 1 is 1.17 bits per heavy atom. The molecule has 160 valence electrons. The molecule has 29 heavy (non-hydrogen) atoms. The van der Waals surface area contributed by atoms with Gasteiger partial charge in [-0.25, -0.2) is 21.9 Å². The zero-order valence-corrected chi connectivity index (χ0v) is 17.7. The number of aromatic nitrogens is 1. The zero-order valence-electron chi connectivity index (χ0n) is 16.1. The normalized spacial score (nSPS) is 10.7. The molecule has 11 heteroatoms. The molecule has 1 aromatic carbocycles. The second-order valence-corrected chi connectivity index (χ2v) is 7.86. The number of ether oxygens (including phenoxy) is 1. The van der Waals surface area contributed by atoms with Gasteiger partial charge in [-0.1, -0.05) is 25.4 Å². The Kier molecular flexibility index (Phi) is 9.93. The fourth-order valence-electron chi connectivity index (χ4n) is 1.93. The zero-order chi connectivity index (χ0) is 22.0. The van der Waals surface area contributed by atoms with Crippen LogP contribution in [0.3, 0.4) is 0 Å². The van der Waals surface area contributed by atoms with E-state index in [1.807, 2.05) is 0 Å². The average molecular weight is 450 g/mol. The summed E-state index contributed by atoms with van der Waals surface area (Å²) < 4.78 is 56.4. The van der Waals surface area contributed by atoms with Gasteiger partial charge < -0.3 is 10.1 Å². The fourth-order valence-corrected chi connectivity index (χ4v) is 2.49. The summed E-state index contributed by atoms with van der Waals surface area (Å²) >= 11 is 5.67. The lowest BCUT2D eigenvalue weighted by Crippen LogP contribution is -2.30. The lowest BCUT2D eigenvalue weighted by atomic mass is 10.2. The smallest absolute Gasteiger partial charge is 0.267 e. The molecule has 2 aromatic rings. The number of rotatable bonds is 7. The molecule has 0 spiro atoms. The summed E-state index contributed by atoms with van der Waals surface area (Å²) in [5, 5.41) is 3.53. The second-order valence-electron chi connectivity index (χ2n) is 5.68. The molecule has 1 aromatic heterocycles. The molecule has 0 aliphatic carbocycles. The number of halogens is 3. The van der Waals surface area contributed by atoms with Gasteiger partial charge in [0, 0.05) is 12.3 Å². The van der Waals surface area contributed by atoms with Crippen LogP contribution in [-0.4, -0.2) is 38.7 Å². The SMILES string of the molecule is CCNCC.CS(=O)(=O)NC(=O)c1cc(F)c(OCc2ccc(Cl)cn2)cc1F. The predicted molar refractivity (Wildman–Crippen MR) is 106 cm³/mol. The first-order valence-electron chi connectivity index (χ1n) is 8.52. The summed E-state index contributed by atoms with van der Waals surface area (Å²) in [6.07, 6.45) is 2.09. The van der Waals surface area contributed by atoms with Gasteiger partial charge in [-0.15, -0.1) is 0 Å². The fraction of sp³-hybridized carbons (Fsp3) is 0.333. The van der Waals surface area contributed by atoms with Crippen molar-refractivity contribution in [2.75, 3.05) is 19.3 Å². The van der Waals surface area contributed by atoms with E-state index in [9.17, 15) is 22.0 Å². The molecule has 1 heterocycles. The molecule has 0 fully saturated rings. The molecule has 0 bridgehead atoms. The first-order chi connectivity index (χ1) is 13.6. The van der Waals surface area contributed by atoms with Crippen LogP contribution in [0, 0.1) is 11.6 Å². The summed E-state index contributed by atoms with van der Waals surface area (Å²) in [4.78, 5) is 15.5. The molecule has 2 rings (SSSR count). The standard InChI is InChI=1S/C14H11ClF2N2O4S.C4H11N/c1-24(21,22)19-14(20)10-4-12(17)13(5-11(10)16)23-7-9-3-2-8(15)6-18-9;1-3-5-4-2/h2-6H,7H2,1H3,(H,19,20);5H,3-4H2,1-2H3. The van der Waals surface area contributed by atoms with Crippen molar-refractivity contribution in [3.05, 3.63) is 58.4 Å². The monoisotopic (exact) mass is 449 g/mol. The van der Waals surface area contributed by atoms with Crippen molar-refractivity contribution >= 4 is 27.5 Å². The average Bonchev–Trinajstić information content (AvgIpc) is 2.63. The number of carbonyl (C=O) groups is 1. The predicted octanol–water partition coefficient (Wildman–Crippen LogP) is 2.90. The molecule has 0 unspecified atom stereocenters. The number of nitrogens with one attached hydrogen (secondary N) is 2. The van der Waals surface area contributed by atoms with E-state index in [1.54, 1.807) is 16.9 Å². The summed E-state index contributed by atoms with van der Waals surface area (Å²) in [6.45, 7) is 6.24. The van der Waals surface area contributed by atoms with Crippen LogP contribution in [-0.2, 0) is 16.6 Å². The maximum atomic E-state index is 13.9. The highest BCUT2D eigenvalue weighted by Crippen LogP contribution is 2.23. The minimum atomic E-state index is -3.90. The molecule has 0 saturated carbocycles. The molecule has 2 N–H and O–H groups in total. The lowest BCUT2D eigenvalue weighted by molar-refractivity contribution is 0.0977. The van der Waals surface area contributed by atoms with Crippen LogP contribution in [0.5, 0.6) is 5.75 Å². The highest BCUT2D eigenvalue weighted by molar-refractivity contribution is 7.89. The van der Waals surface area contributed by atoms with E-state index in [4.69, 9.17) is 16.3 Å². The van der Waals surface area contributed by atoms with Gasteiger partial charge in [-0.3, -0.25) is 9.78 Å². The van der Waals surface area contributed by atoms with Gasteiger partial charge in [-0.2, -0.15) is 0 Å². The molecular weight excluding hydrogens is 428 g/mol. The first kappa shape index (κ1) is 24.7. The van der Waals surface area contributed by atoms with Gasteiger partial charge in [-0.05, 0) is 31.3 Å². The van der Waals surface area contributed by atoms with E-state index in [2.05, 4.69) is 24.1 Å². The molecule has 7 nitrogen and oxygen atoms in total. The van der Waals surface area contributed by atoms with Crippen molar-refractivity contribution in [1.29, 1.82) is 0 Å². The highest BCUT2D eigenvalue weighted by Gasteiger charge is 2.19. The van der Waals surface area contributed by atoms with Crippen molar-refractivity contribution in [2.24, 2.45) is 0 Å². The first-order valence-corrected chi connectivity index (χ1v) is 10.8. The van der Waals surface area contributed by atoms with E-state index < -0.39 is 38.9 Å². The van der Waals surface area contributed by atoms with Crippen LogP contribution in [0.4, 0.5) is 8.78 Å². The number of amides is 1. The number of hydrogen-bond acceptors (Lipinski definition) is 6. The van der Waals surface area contributed by atoms with Crippen LogP contribution < -0.4 is 14.8 Å². The number of hydrogen-bond donors (Lipinski definition) is 2. The molecule has 0 aliphatic rings. The third-order valence-electron chi connectivity index (χ3n) is 3.21. The van der Waals surface area contributed by atoms with Gasteiger partial charge in [0.1, 0.15) is 12.4 Å². The third-order valence-corrected chi connectivity index (χ3v) is 3.99. The van der Waals surface area contributed by atoms with E-state index in [0.29, 0.717) is 22.8 Å². The Balaban J connectivity index is 0.000000749. The molecular formula is C18H22ClF2N3O4S. The van der Waals surface area contributed by atoms with Crippen molar-refractivity contribution < 1.29 is 26.7 Å². The minimum Gasteiger partial charge on any atom is -0.484 e.